The van der Waals surface area contributed by atoms with Crippen molar-refractivity contribution in [2.45, 2.75) is 18.9 Å². The number of methoxy groups -OCH3 is 1. The van der Waals surface area contributed by atoms with Crippen LogP contribution < -0.4 is 14.8 Å². The topological polar surface area (TPSA) is 64.6 Å². The molecule has 1 aromatic carbocycles. The molecule has 6 heteroatoms. The Hall–Kier alpha value is -1.27. The van der Waals surface area contributed by atoms with Crippen molar-refractivity contribution in [1.29, 1.82) is 0 Å². The van der Waals surface area contributed by atoms with E-state index < -0.39 is 9.84 Å². The second kappa shape index (κ2) is 5.85. The van der Waals surface area contributed by atoms with Gasteiger partial charge >= 0.3 is 0 Å². The number of ether oxygens (including phenoxy) is 2. The Kier molecular flexibility index (Phi) is 4.08. The Labute approximate surface area is 125 Å². The zero-order chi connectivity index (χ0) is 14.9. The summed E-state index contributed by atoms with van der Waals surface area (Å²) in [5.41, 5.74) is 1.10. The van der Waals surface area contributed by atoms with Crippen LogP contribution in [0.1, 0.15) is 24.4 Å². The lowest BCUT2D eigenvalue weighted by Crippen LogP contribution is -2.31. The minimum Gasteiger partial charge on any atom is -0.497 e. The fourth-order valence-electron chi connectivity index (χ4n) is 3.05. The molecule has 116 valence electrons. The number of nitrogens with one attached hydrogen (secondary N) is 1. The van der Waals surface area contributed by atoms with Crippen molar-refractivity contribution >= 4 is 9.84 Å². The molecule has 2 aliphatic heterocycles. The summed E-state index contributed by atoms with van der Waals surface area (Å²) in [5.74, 6) is 2.58. The van der Waals surface area contributed by atoms with Crippen LogP contribution in [-0.2, 0) is 9.84 Å². The van der Waals surface area contributed by atoms with Crippen molar-refractivity contribution in [3.63, 3.8) is 0 Å². The quantitative estimate of drug-likeness (QED) is 0.914. The molecule has 0 saturated carbocycles. The maximum absolute atomic E-state index is 11.5. The number of rotatable bonds is 4. The molecule has 0 radical (unpaired) electrons. The molecular weight excluding hydrogens is 290 g/mol. The zero-order valence-electron chi connectivity index (χ0n) is 12.2. The maximum Gasteiger partial charge on any atom is 0.150 e. The maximum atomic E-state index is 11.5. The van der Waals surface area contributed by atoms with Gasteiger partial charge in [-0.1, -0.05) is 0 Å². The highest BCUT2D eigenvalue weighted by Gasteiger charge is 2.29. The van der Waals surface area contributed by atoms with E-state index >= 15 is 0 Å². The minimum absolute atomic E-state index is 0.201. The fourth-order valence-corrected chi connectivity index (χ4v) is 4.92. The first-order valence-corrected chi connectivity index (χ1v) is 9.14. The molecule has 2 heterocycles. The second-order valence-electron chi connectivity index (χ2n) is 5.77. The van der Waals surface area contributed by atoms with Gasteiger partial charge in [0.05, 0.1) is 25.2 Å². The van der Waals surface area contributed by atoms with Crippen molar-refractivity contribution in [3.8, 4) is 11.5 Å². The Morgan fingerprint density at radius 3 is 2.95 bits per heavy atom. The van der Waals surface area contributed by atoms with E-state index in [2.05, 4.69) is 5.32 Å². The SMILES string of the molecule is COc1ccc2c(c1)C(NCC1CCS(=O)(=O)C1)CCO2. The molecule has 1 saturated heterocycles. The molecular formula is C15H21NO4S. The fraction of sp³-hybridized carbons (Fsp3) is 0.600. The highest BCUT2D eigenvalue weighted by molar-refractivity contribution is 7.91. The van der Waals surface area contributed by atoms with Gasteiger partial charge in [-0.15, -0.1) is 0 Å². The van der Waals surface area contributed by atoms with Crippen LogP contribution in [0, 0.1) is 5.92 Å². The molecule has 1 N–H and O–H groups in total. The monoisotopic (exact) mass is 311 g/mol. The summed E-state index contributed by atoms with van der Waals surface area (Å²) in [7, 11) is -1.15. The van der Waals surface area contributed by atoms with E-state index in [9.17, 15) is 8.42 Å². The highest BCUT2D eigenvalue weighted by atomic mass is 32.2. The second-order valence-corrected chi connectivity index (χ2v) is 8.00. The third-order valence-electron chi connectivity index (χ3n) is 4.24. The van der Waals surface area contributed by atoms with E-state index in [0.29, 0.717) is 18.1 Å². The molecule has 0 bridgehead atoms. The van der Waals surface area contributed by atoms with Crippen LogP contribution in [-0.4, -0.2) is 40.2 Å². The number of hydrogen-bond donors (Lipinski definition) is 1. The molecule has 5 nitrogen and oxygen atoms in total. The lowest BCUT2D eigenvalue weighted by Gasteiger charge is -2.28. The lowest BCUT2D eigenvalue weighted by atomic mass is 9.99. The van der Waals surface area contributed by atoms with Gasteiger partial charge in [0.25, 0.3) is 0 Å². The first-order valence-electron chi connectivity index (χ1n) is 7.32. The van der Waals surface area contributed by atoms with Crippen LogP contribution in [0.15, 0.2) is 18.2 Å². The van der Waals surface area contributed by atoms with Gasteiger partial charge in [0.1, 0.15) is 11.5 Å². The largest absolute Gasteiger partial charge is 0.497 e. The summed E-state index contributed by atoms with van der Waals surface area (Å²) >= 11 is 0. The van der Waals surface area contributed by atoms with Crippen molar-refractivity contribution in [3.05, 3.63) is 23.8 Å². The number of benzene rings is 1. The molecule has 2 aliphatic rings. The van der Waals surface area contributed by atoms with Crippen molar-refractivity contribution in [1.82, 2.24) is 5.32 Å². The van der Waals surface area contributed by atoms with Gasteiger partial charge in [-0.05, 0) is 37.1 Å². The minimum atomic E-state index is -2.80. The van der Waals surface area contributed by atoms with E-state index in [4.69, 9.17) is 9.47 Å². The van der Waals surface area contributed by atoms with Crippen LogP contribution in [0.4, 0.5) is 0 Å². The summed E-state index contributed by atoms with van der Waals surface area (Å²) in [6.07, 6.45) is 1.66. The van der Waals surface area contributed by atoms with Crippen LogP contribution >= 0.6 is 0 Å². The summed E-state index contributed by atoms with van der Waals surface area (Å²) in [5, 5.41) is 3.51. The third kappa shape index (κ3) is 3.32. The average molecular weight is 311 g/mol. The lowest BCUT2D eigenvalue weighted by molar-refractivity contribution is 0.248. The highest BCUT2D eigenvalue weighted by Crippen LogP contribution is 2.35. The standard InChI is InChI=1S/C15H21NO4S/c1-19-12-2-3-15-13(8-12)14(4-6-20-15)16-9-11-5-7-21(17,18)10-11/h2-3,8,11,14,16H,4-7,9-10H2,1H3. The summed E-state index contributed by atoms with van der Waals surface area (Å²) in [6, 6.07) is 6.02. The van der Waals surface area contributed by atoms with Gasteiger partial charge in [-0.2, -0.15) is 0 Å². The van der Waals surface area contributed by atoms with Crippen LogP contribution in [0.2, 0.25) is 0 Å². The third-order valence-corrected chi connectivity index (χ3v) is 6.07. The van der Waals surface area contributed by atoms with Gasteiger partial charge in [-0.25, -0.2) is 8.42 Å². The molecule has 1 aromatic rings. The first-order chi connectivity index (χ1) is 10.1. The molecule has 0 aliphatic carbocycles. The van der Waals surface area contributed by atoms with Crippen LogP contribution in [0.3, 0.4) is 0 Å². The molecule has 2 unspecified atom stereocenters. The molecule has 3 rings (SSSR count). The summed E-state index contributed by atoms with van der Waals surface area (Å²) in [4.78, 5) is 0. The summed E-state index contributed by atoms with van der Waals surface area (Å²) < 4.78 is 34.0. The number of fused-ring (bicyclic) bond motifs is 1. The van der Waals surface area contributed by atoms with E-state index in [0.717, 1.165) is 36.4 Å². The summed E-state index contributed by atoms with van der Waals surface area (Å²) in [6.45, 7) is 1.42. The predicted molar refractivity (Wildman–Crippen MR) is 80.6 cm³/mol. The molecule has 0 spiro atoms. The molecule has 21 heavy (non-hydrogen) atoms. The smallest absolute Gasteiger partial charge is 0.150 e. The van der Waals surface area contributed by atoms with Gasteiger partial charge in [-0.3, -0.25) is 0 Å². The number of hydrogen-bond acceptors (Lipinski definition) is 5. The van der Waals surface area contributed by atoms with Crippen molar-refractivity contribution in [2.75, 3.05) is 31.8 Å². The zero-order valence-corrected chi connectivity index (χ0v) is 13.0. The van der Waals surface area contributed by atoms with Gasteiger partial charge in [0.2, 0.25) is 0 Å². The van der Waals surface area contributed by atoms with Gasteiger partial charge in [0, 0.05) is 18.0 Å². The Morgan fingerprint density at radius 1 is 1.38 bits per heavy atom. The van der Waals surface area contributed by atoms with Crippen molar-refractivity contribution < 1.29 is 17.9 Å². The Bertz CT molecular complexity index is 614. The molecule has 2 atom stereocenters. The normalized spacial score (nSPS) is 26.9. The van der Waals surface area contributed by atoms with Crippen molar-refractivity contribution in [2.24, 2.45) is 5.92 Å². The van der Waals surface area contributed by atoms with Gasteiger partial charge < -0.3 is 14.8 Å². The molecule has 0 aromatic heterocycles. The molecule has 0 amide bonds. The predicted octanol–water partition coefficient (Wildman–Crippen LogP) is 1.54. The Morgan fingerprint density at radius 2 is 2.24 bits per heavy atom. The van der Waals surface area contributed by atoms with Crippen LogP contribution in [0.5, 0.6) is 11.5 Å². The number of sulfone groups is 1. The first kappa shape index (κ1) is 14.7. The van der Waals surface area contributed by atoms with E-state index in [1.807, 2.05) is 18.2 Å². The molecule has 1 fully saturated rings. The van der Waals surface area contributed by atoms with E-state index in [1.54, 1.807) is 7.11 Å². The van der Waals surface area contributed by atoms with E-state index in [1.165, 1.54) is 0 Å². The van der Waals surface area contributed by atoms with E-state index in [-0.39, 0.29) is 12.0 Å². The van der Waals surface area contributed by atoms with Gasteiger partial charge in [0.15, 0.2) is 9.84 Å². The average Bonchev–Trinajstić information content (AvgIpc) is 2.83. The van der Waals surface area contributed by atoms with Crippen LogP contribution in [0.25, 0.3) is 0 Å². The Balaban J connectivity index is 1.67.